The maximum atomic E-state index is 2.41. The number of hydrogen-bond acceptors (Lipinski definition) is 1. The van der Waals surface area contributed by atoms with Crippen molar-refractivity contribution in [1.82, 2.24) is 0 Å². The highest BCUT2D eigenvalue weighted by atomic mass is 32.1. The zero-order valence-corrected chi connectivity index (χ0v) is 25.4. The second-order valence-electron chi connectivity index (χ2n) is 11.7. The van der Waals surface area contributed by atoms with E-state index in [1.807, 2.05) is 11.3 Å². The molecule has 8 aromatic carbocycles. The van der Waals surface area contributed by atoms with Crippen LogP contribution in [0.15, 0.2) is 170 Å². The Kier molecular flexibility index (Phi) is 6.11. The van der Waals surface area contributed by atoms with Crippen molar-refractivity contribution in [2.24, 2.45) is 0 Å². The Bertz CT molecular complexity index is 2410. The summed E-state index contributed by atoms with van der Waals surface area (Å²) in [6.45, 7) is 0. The predicted octanol–water partition coefficient (Wildman–Crippen LogP) is 13.0. The fraction of sp³-hybridized carbons (Fsp3) is 0. The number of rotatable bonds is 4. The fourth-order valence-electron chi connectivity index (χ4n) is 7.00. The average molecular weight is 589 g/mol. The molecule has 0 aliphatic rings. The third-order valence-corrected chi connectivity index (χ3v) is 10.2. The molecule has 0 unspecified atom stereocenters. The summed E-state index contributed by atoms with van der Waals surface area (Å²) in [6, 6.07) is 62.3. The first-order chi connectivity index (χ1) is 22.3. The predicted molar refractivity (Wildman–Crippen MR) is 196 cm³/mol. The molecular weight excluding hydrogens is 561 g/mol. The van der Waals surface area contributed by atoms with Gasteiger partial charge in [-0.1, -0.05) is 133 Å². The summed E-state index contributed by atoms with van der Waals surface area (Å²) in [5, 5.41) is 7.74. The van der Waals surface area contributed by atoms with Crippen molar-refractivity contribution < 1.29 is 0 Å². The van der Waals surface area contributed by atoms with E-state index in [9.17, 15) is 0 Å². The molecule has 0 aliphatic heterocycles. The van der Waals surface area contributed by atoms with Gasteiger partial charge in [-0.15, -0.1) is 11.3 Å². The van der Waals surface area contributed by atoms with Crippen LogP contribution in [-0.4, -0.2) is 0 Å². The highest BCUT2D eigenvalue weighted by Gasteiger charge is 2.18. The van der Waals surface area contributed by atoms with Crippen LogP contribution in [0.4, 0.5) is 0 Å². The van der Waals surface area contributed by atoms with Crippen molar-refractivity contribution in [2.75, 3.05) is 0 Å². The first-order valence-electron chi connectivity index (χ1n) is 15.4. The van der Waals surface area contributed by atoms with Gasteiger partial charge in [-0.3, -0.25) is 0 Å². The van der Waals surface area contributed by atoms with E-state index in [2.05, 4.69) is 170 Å². The largest absolute Gasteiger partial charge is 0.135 e. The second kappa shape index (κ2) is 10.6. The van der Waals surface area contributed by atoms with E-state index in [-0.39, 0.29) is 0 Å². The Balaban J connectivity index is 1.36. The zero-order valence-electron chi connectivity index (χ0n) is 24.6. The molecule has 0 radical (unpaired) electrons. The maximum absolute atomic E-state index is 2.41. The van der Waals surface area contributed by atoms with E-state index >= 15 is 0 Å². The summed E-state index contributed by atoms with van der Waals surface area (Å²) < 4.78 is 2.67. The monoisotopic (exact) mass is 588 g/mol. The van der Waals surface area contributed by atoms with Gasteiger partial charge in [-0.2, -0.15) is 0 Å². The Morgan fingerprint density at radius 1 is 0.244 bits per heavy atom. The Labute approximate surface area is 266 Å². The Morgan fingerprint density at radius 3 is 1.22 bits per heavy atom. The molecule has 0 saturated heterocycles. The number of hydrogen-bond donors (Lipinski definition) is 0. The molecule has 0 saturated carbocycles. The molecule has 0 nitrogen and oxygen atoms in total. The van der Waals surface area contributed by atoms with Gasteiger partial charge in [-0.05, 0) is 102 Å². The highest BCUT2D eigenvalue weighted by Crippen LogP contribution is 2.46. The molecule has 9 rings (SSSR count). The molecule has 0 atom stereocenters. The average Bonchev–Trinajstić information content (AvgIpc) is 3.49. The van der Waals surface area contributed by atoms with E-state index in [0.717, 1.165) is 0 Å². The van der Waals surface area contributed by atoms with Crippen molar-refractivity contribution in [1.29, 1.82) is 0 Å². The summed E-state index contributed by atoms with van der Waals surface area (Å²) in [7, 11) is 0. The lowest BCUT2D eigenvalue weighted by molar-refractivity contribution is 1.58. The third-order valence-electron chi connectivity index (χ3n) is 9.03. The first kappa shape index (κ1) is 25.9. The van der Waals surface area contributed by atoms with Gasteiger partial charge in [0.25, 0.3) is 0 Å². The van der Waals surface area contributed by atoms with E-state index < -0.39 is 0 Å². The van der Waals surface area contributed by atoms with Gasteiger partial charge in [-0.25, -0.2) is 0 Å². The van der Waals surface area contributed by atoms with Crippen LogP contribution < -0.4 is 0 Å². The van der Waals surface area contributed by atoms with Crippen LogP contribution in [0.3, 0.4) is 0 Å². The van der Waals surface area contributed by atoms with Crippen LogP contribution in [0.5, 0.6) is 0 Å². The third kappa shape index (κ3) is 4.36. The molecule has 0 bridgehead atoms. The van der Waals surface area contributed by atoms with Crippen LogP contribution in [0.25, 0.3) is 86.2 Å². The summed E-state index contributed by atoms with van der Waals surface area (Å²) in [6.07, 6.45) is 0. The number of thiophene rings is 1. The lowest BCUT2D eigenvalue weighted by Gasteiger charge is -2.19. The first-order valence-corrected chi connectivity index (χ1v) is 16.2. The molecule has 0 amide bonds. The lowest BCUT2D eigenvalue weighted by atomic mass is 9.84. The molecule has 1 aromatic heterocycles. The standard InChI is InChI=1S/C44H28S/c1-3-13-29(14-4-1)32-25-33(30-15-5-2-6-16-30)27-34(26-32)44-38-20-9-7-18-36(38)43(37-19-8-10-21-39(37)44)31-23-24-42-40(28-31)35-17-11-12-22-41(35)45-42/h1-28H. The van der Waals surface area contributed by atoms with Gasteiger partial charge in [0, 0.05) is 20.2 Å². The van der Waals surface area contributed by atoms with Crippen molar-refractivity contribution in [2.45, 2.75) is 0 Å². The summed E-state index contributed by atoms with van der Waals surface area (Å²) in [4.78, 5) is 0. The van der Waals surface area contributed by atoms with Gasteiger partial charge < -0.3 is 0 Å². The molecule has 9 aromatic rings. The second-order valence-corrected chi connectivity index (χ2v) is 12.8. The van der Waals surface area contributed by atoms with Gasteiger partial charge in [0.2, 0.25) is 0 Å². The van der Waals surface area contributed by atoms with Crippen molar-refractivity contribution >= 4 is 53.1 Å². The van der Waals surface area contributed by atoms with Gasteiger partial charge in [0.1, 0.15) is 0 Å². The Morgan fingerprint density at radius 2 is 0.667 bits per heavy atom. The topological polar surface area (TPSA) is 0 Å². The molecule has 0 N–H and O–H groups in total. The normalized spacial score (nSPS) is 11.6. The highest BCUT2D eigenvalue weighted by molar-refractivity contribution is 7.25. The van der Waals surface area contributed by atoms with E-state index in [1.165, 1.54) is 86.2 Å². The van der Waals surface area contributed by atoms with Gasteiger partial charge in [0.15, 0.2) is 0 Å². The molecule has 0 spiro atoms. The van der Waals surface area contributed by atoms with E-state index in [4.69, 9.17) is 0 Å². The van der Waals surface area contributed by atoms with Crippen LogP contribution in [-0.2, 0) is 0 Å². The summed E-state index contributed by atoms with van der Waals surface area (Å²) in [5.74, 6) is 0. The number of benzene rings is 8. The van der Waals surface area contributed by atoms with Crippen LogP contribution in [0, 0.1) is 0 Å². The minimum Gasteiger partial charge on any atom is -0.135 e. The SMILES string of the molecule is c1ccc(-c2cc(-c3ccccc3)cc(-c3c4ccccc4c(-c4ccc5sc6ccccc6c5c4)c4ccccc34)c2)cc1. The minimum atomic E-state index is 1.22. The maximum Gasteiger partial charge on any atom is 0.0355 e. The zero-order chi connectivity index (χ0) is 29.7. The Hall–Kier alpha value is -5.50. The minimum absolute atomic E-state index is 1.22. The van der Waals surface area contributed by atoms with Gasteiger partial charge >= 0.3 is 0 Å². The lowest BCUT2D eigenvalue weighted by Crippen LogP contribution is -1.92. The smallest absolute Gasteiger partial charge is 0.0355 e. The van der Waals surface area contributed by atoms with Crippen LogP contribution in [0.2, 0.25) is 0 Å². The molecular formula is C44H28S. The van der Waals surface area contributed by atoms with Crippen LogP contribution in [0.1, 0.15) is 0 Å². The molecule has 210 valence electrons. The van der Waals surface area contributed by atoms with Gasteiger partial charge in [0.05, 0.1) is 0 Å². The summed E-state index contributed by atoms with van der Waals surface area (Å²) in [5.41, 5.74) is 9.95. The molecule has 1 heterocycles. The van der Waals surface area contributed by atoms with Crippen molar-refractivity contribution in [3.8, 4) is 44.5 Å². The fourth-order valence-corrected chi connectivity index (χ4v) is 8.08. The molecule has 0 aliphatic carbocycles. The van der Waals surface area contributed by atoms with E-state index in [1.54, 1.807) is 0 Å². The summed E-state index contributed by atoms with van der Waals surface area (Å²) >= 11 is 1.87. The molecule has 45 heavy (non-hydrogen) atoms. The molecule has 1 heteroatoms. The molecule has 0 fully saturated rings. The van der Waals surface area contributed by atoms with Crippen LogP contribution >= 0.6 is 11.3 Å². The van der Waals surface area contributed by atoms with Crippen molar-refractivity contribution in [3.63, 3.8) is 0 Å². The number of fused-ring (bicyclic) bond motifs is 5. The van der Waals surface area contributed by atoms with Crippen molar-refractivity contribution in [3.05, 3.63) is 170 Å². The van der Waals surface area contributed by atoms with E-state index in [0.29, 0.717) is 0 Å². The quantitative estimate of drug-likeness (QED) is 0.179.